The fraction of sp³-hybridized carbons (Fsp3) is 0. The average molecular weight is 610 g/mol. The van der Waals surface area contributed by atoms with Crippen LogP contribution in [0.2, 0.25) is 0 Å². The van der Waals surface area contributed by atoms with Crippen molar-refractivity contribution >= 4 is 80.2 Å². The molecule has 9 rings (SSSR count). The average Bonchev–Trinajstić information content (AvgIpc) is 3.11. The molecule has 216 valence electrons. The predicted molar refractivity (Wildman–Crippen MR) is 185 cm³/mol. The van der Waals surface area contributed by atoms with Crippen molar-refractivity contribution < 1.29 is 11.4 Å². The minimum absolute atomic E-state index is 0.595. The third-order valence-electron chi connectivity index (χ3n) is 8.42. The first kappa shape index (κ1) is 26.6. The zero-order valence-electron chi connectivity index (χ0n) is 24.5. The molecule has 0 aliphatic heterocycles. The summed E-state index contributed by atoms with van der Waals surface area (Å²) in [6.07, 6.45) is 5.63. The summed E-state index contributed by atoms with van der Waals surface area (Å²) in [6, 6.07) is 42.5. The van der Waals surface area contributed by atoms with Crippen LogP contribution in [-0.4, -0.2) is 30.1 Å². The molecule has 0 N–H and O–H groups in total. The smallest absolute Gasteiger partial charge is 0.576 e. The van der Waals surface area contributed by atoms with Crippen molar-refractivity contribution in [3.05, 3.63) is 146 Å². The van der Waals surface area contributed by atoms with Gasteiger partial charge in [-0.3, -0.25) is 15.0 Å². The van der Waals surface area contributed by atoms with Crippen molar-refractivity contribution in [2.45, 2.75) is 0 Å². The summed E-state index contributed by atoms with van der Waals surface area (Å²) >= 11 is -3.04. The fourth-order valence-corrected chi connectivity index (χ4v) is 7.59. The van der Waals surface area contributed by atoms with E-state index >= 15 is 0 Å². The Bertz CT molecular complexity index is 2320. The summed E-state index contributed by atoms with van der Waals surface area (Å²) in [6.45, 7) is 0. The molecule has 0 radical (unpaired) electrons. The standard InChI is InChI=1S/3C13H9NO.Al/c3*15-12-7-3-6-11-10-5-2-1-4-9(10)8-14-13(11)12;/h3*1-8,15H;/q;;;+3/p-3. The van der Waals surface area contributed by atoms with Crippen LogP contribution >= 0.6 is 0 Å². The van der Waals surface area contributed by atoms with Crippen molar-refractivity contribution in [1.29, 1.82) is 0 Å². The lowest BCUT2D eigenvalue weighted by molar-refractivity contribution is 0.311. The van der Waals surface area contributed by atoms with Crippen LogP contribution in [0.4, 0.5) is 0 Å². The quantitative estimate of drug-likeness (QED) is 0.138. The van der Waals surface area contributed by atoms with Gasteiger partial charge in [-0.2, -0.15) is 0 Å². The van der Waals surface area contributed by atoms with Gasteiger partial charge in [0, 0.05) is 50.9 Å². The maximum atomic E-state index is 6.73. The Labute approximate surface area is 268 Å². The SMILES string of the molecule is c1ccc2c(c1)cnc1c([O][Al]([O]c3cccc4c3ncc3ccccc34)[O]c3cccc4c3ncc3ccccc34)cccc12. The molecule has 0 spiro atoms. The number of aromatic nitrogens is 3. The molecule has 6 nitrogen and oxygen atoms in total. The van der Waals surface area contributed by atoms with Crippen LogP contribution in [0.3, 0.4) is 0 Å². The molecule has 9 aromatic rings. The predicted octanol–water partition coefficient (Wildman–Crippen LogP) is 9.31. The highest BCUT2D eigenvalue weighted by atomic mass is 27.3. The molecule has 3 aromatic heterocycles. The number of pyridine rings is 3. The van der Waals surface area contributed by atoms with E-state index in [0.717, 1.165) is 65.0 Å². The molecule has 3 heterocycles. The Morgan fingerprint density at radius 2 is 0.630 bits per heavy atom. The van der Waals surface area contributed by atoms with Crippen LogP contribution in [-0.2, 0) is 0 Å². The Hall–Kier alpha value is -5.74. The highest BCUT2D eigenvalue weighted by molar-refractivity contribution is 6.40. The van der Waals surface area contributed by atoms with E-state index in [1.54, 1.807) is 0 Å². The molecule has 0 saturated heterocycles. The molecule has 0 atom stereocenters. The number of nitrogens with zero attached hydrogens (tertiary/aromatic N) is 3. The summed E-state index contributed by atoms with van der Waals surface area (Å²) in [5.74, 6) is 1.78. The Kier molecular flexibility index (Phi) is 6.38. The van der Waals surface area contributed by atoms with E-state index < -0.39 is 15.1 Å². The minimum atomic E-state index is -3.04. The molecule has 0 bridgehead atoms. The lowest BCUT2D eigenvalue weighted by atomic mass is 10.1. The van der Waals surface area contributed by atoms with Crippen LogP contribution in [0.1, 0.15) is 0 Å². The van der Waals surface area contributed by atoms with Gasteiger partial charge in [-0.15, -0.1) is 0 Å². The van der Waals surface area contributed by atoms with E-state index in [1.165, 1.54) is 0 Å². The third kappa shape index (κ3) is 4.53. The van der Waals surface area contributed by atoms with Gasteiger partial charge in [0.05, 0.1) is 0 Å². The largest absolute Gasteiger partial charge is 1.20 e. The van der Waals surface area contributed by atoms with Gasteiger partial charge >= 0.3 is 15.1 Å². The zero-order chi connectivity index (χ0) is 30.5. The molecule has 46 heavy (non-hydrogen) atoms. The Balaban J connectivity index is 1.18. The number of rotatable bonds is 6. The normalized spacial score (nSPS) is 11.5. The van der Waals surface area contributed by atoms with E-state index in [1.807, 2.05) is 91.4 Å². The van der Waals surface area contributed by atoms with Gasteiger partial charge in [0.2, 0.25) is 0 Å². The summed E-state index contributed by atoms with van der Waals surface area (Å²) in [4.78, 5) is 14.4. The van der Waals surface area contributed by atoms with Gasteiger partial charge in [-0.1, -0.05) is 109 Å². The fourth-order valence-electron chi connectivity index (χ4n) is 6.25. The second-order valence-electron chi connectivity index (χ2n) is 11.1. The van der Waals surface area contributed by atoms with E-state index in [2.05, 4.69) is 54.6 Å². The van der Waals surface area contributed by atoms with Crippen molar-refractivity contribution in [3.8, 4) is 17.2 Å². The second kappa shape index (κ2) is 11.0. The van der Waals surface area contributed by atoms with Gasteiger partial charge in [0.25, 0.3) is 0 Å². The summed E-state index contributed by atoms with van der Waals surface area (Å²) < 4.78 is 20.2. The van der Waals surface area contributed by atoms with Gasteiger partial charge in [-0.25, -0.2) is 0 Å². The minimum Gasteiger partial charge on any atom is -0.576 e. The third-order valence-corrected chi connectivity index (χ3v) is 9.76. The van der Waals surface area contributed by atoms with Crippen molar-refractivity contribution in [1.82, 2.24) is 15.0 Å². The molecule has 0 fully saturated rings. The van der Waals surface area contributed by atoms with E-state index in [0.29, 0.717) is 17.2 Å². The topological polar surface area (TPSA) is 66.4 Å². The van der Waals surface area contributed by atoms with Crippen LogP contribution in [0.5, 0.6) is 17.2 Å². The number of fused-ring (bicyclic) bond motifs is 9. The monoisotopic (exact) mass is 609 g/mol. The van der Waals surface area contributed by atoms with E-state index in [-0.39, 0.29) is 0 Å². The first-order valence-corrected chi connectivity index (χ1v) is 16.5. The maximum absolute atomic E-state index is 6.73. The molecule has 7 heteroatoms. The number of para-hydroxylation sites is 3. The summed E-state index contributed by atoms with van der Waals surface area (Å²) in [5, 5.41) is 9.51. The molecular weight excluding hydrogens is 585 g/mol. The van der Waals surface area contributed by atoms with Gasteiger partial charge < -0.3 is 11.4 Å². The summed E-state index contributed by atoms with van der Waals surface area (Å²) in [5.41, 5.74) is 2.24. The molecule has 0 amide bonds. The van der Waals surface area contributed by atoms with Crippen LogP contribution in [0.15, 0.2) is 146 Å². The molecular formula is C39H24AlN3O3. The zero-order valence-corrected chi connectivity index (χ0v) is 25.7. The van der Waals surface area contributed by atoms with Crippen molar-refractivity contribution in [2.24, 2.45) is 0 Å². The lowest BCUT2D eigenvalue weighted by Crippen LogP contribution is -2.37. The van der Waals surface area contributed by atoms with Gasteiger partial charge in [0.1, 0.15) is 33.8 Å². The number of hydrogen-bond acceptors (Lipinski definition) is 6. The molecule has 0 unspecified atom stereocenters. The van der Waals surface area contributed by atoms with Gasteiger partial charge in [0.15, 0.2) is 0 Å². The molecule has 0 saturated carbocycles. The van der Waals surface area contributed by atoms with E-state index in [9.17, 15) is 0 Å². The highest BCUT2D eigenvalue weighted by Gasteiger charge is 2.46. The maximum Gasteiger partial charge on any atom is 1.20 e. The molecule has 0 aliphatic carbocycles. The first-order chi connectivity index (χ1) is 22.8. The van der Waals surface area contributed by atoms with E-state index in [4.69, 9.17) is 26.3 Å². The van der Waals surface area contributed by atoms with Crippen molar-refractivity contribution in [2.75, 3.05) is 0 Å². The molecule has 6 aromatic carbocycles. The Morgan fingerprint density at radius 1 is 0.326 bits per heavy atom. The number of benzene rings is 6. The van der Waals surface area contributed by atoms with Crippen LogP contribution < -0.4 is 11.4 Å². The highest BCUT2D eigenvalue weighted by Crippen LogP contribution is 2.34. The van der Waals surface area contributed by atoms with Crippen molar-refractivity contribution in [3.63, 3.8) is 0 Å². The first-order valence-electron chi connectivity index (χ1n) is 15.1. The lowest BCUT2D eigenvalue weighted by Gasteiger charge is -2.19. The summed E-state index contributed by atoms with van der Waals surface area (Å²) in [7, 11) is 0. The Morgan fingerprint density at radius 3 is 0.978 bits per heavy atom. The van der Waals surface area contributed by atoms with Gasteiger partial charge in [-0.05, 0) is 34.4 Å². The van der Waals surface area contributed by atoms with Crippen LogP contribution in [0, 0.1) is 0 Å². The second-order valence-corrected chi connectivity index (χ2v) is 12.4. The number of hydrogen-bond donors (Lipinski definition) is 0. The molecule has 0 aliphatic rings. The van der Waals surface area contributed by atoms with Crippen LogP contribution in [0.25, 0.3) is 65.0 Å².